The van der Waals surface area contributed by atoms with Crippen molar-refractivity contribution < 1.29 is 18.0 Å². The number of aryl methyl sites for hydroxylation is 1. The van der Waals surface area contributed by atoms with Crippen molar-refractivity contribution in [3.63, 3.8) is 0 Å². The van der Waals surface area contributed by atoms with Gasteiger partial charge in [0, 0.05) is 29.2 Å². The molecule has 0 aliphatic carbocycles. The Morgan fingerprint density at radius 1 is 1.06 bits per heavy atom. The van der Waals surface area contributed by atoms with Gasteiger partial charge in [0.2, 0.25) is 5.43 Å². The van der Waals surface area contributed by atoms with Gasteiger partial charge in [-0.1, -0.05) is 24.3 Å². The minimum absolute atomic E-state index is 0.157. The molecule has 162 valence electrons. The lowest BCUT2D eigenvalue weighted by Crippen LogP contribution is -2.27. The van der Waals surface area contributed by atoms with Crippen LogP contribution in [0.4, 0.5) is 18.9 Å². The van der Waals surface area contributed by atoms with Crippen molar-refractivity contribution in [2.24, 2.45) is 0 Å². The first-order chi connectivity index (χ1) is 15.2. The number of carbonyl (C=O) groups excluding carboxylic acids is 1. The third-order valence-corrected chi connectivity index (χ3v) is 4.69. The number of nitrogens with zero attached hydrogens (tertiary/aromatic N) is 3. The molecule has 0 aliphatic heterocycles. The number of alkyl halides is 3. The minimum Gasteiger partial charge on any atom is -0.320 e. The summed E-state index contributed by atoms with van der Waals surface area (Å²) in [5.74, 6) is -0.838. The zero-order valence-corrected chi connectivity index (χ0v) is 16.6. The van der Waals surface area contributed by atoms with E-state index in [9.17, 15) is 22.8 Å². The molecule has 1 amide bonds. The number of hydrogen-bond acceptors (Lipinski definition) is 4. The molecule has 10 heteroatoms. The van der Waals surface area contributed by atoms with Crippen LogP contribution in [-0.4, -0.2) is 25.9 Å². The van der Waals surface area contributed by atoms with Gasteiger partial charge in [-0.25, -0.2) is 4.68 Å². The van der Waals surface area contributed by atoms with Crippen LogP contribution >= 0.6 is 0 Å². The maximum absolute atomic E-state index is 13.5. The molecule has 0 spiro atoms. The molecule has 2 aromatic carbocycles. The second-order valence-electron chi connectivity index (χ2n) is 6.93. The Morgan fingerprint density at radius 3 is 2.56 bits per heavy atom. The lowest BCUT2D eigenvalue weighted by molar-refractivity contribution is -0.137. The minimum atomic E-state index is -4.64. The fourth-order valence-corrected chi connectivity index (χ4v) is 3.22. The summed E-state index contributed by atoms with van der Waals surface area (Å²) in [7, 11) is 0. The summed E-state index contributed by atoms with van der Waals surface area (Å²) < 4.78 is 41.3. The molecule has 2 N–H and O–H groups in total. The summed E-state index contributed by atoms with van der Waals surface area (Å²) >= 11 is 0. The summed E-state index contributed by atoms with van der Waals surface area (Å²) in [5.41, 5.74) is -0.444. The normalized spacial score (nSPS) is 11.4. The summed E-state index contributed by atoms with van der Waals surface area (Å²) in [4.78, 5) is 25.2. The van der Waals surface area contributed by atoms with E-state index in [0.29, 0.717) is 5.69 Å². The van der Waals surface area contributed by atoms with Crippen molar-refractivity contribution in [3.8, 4) is 16.9 Å². The highest BCUT2D eigenvalue weighted by molar-refractivity contribution is 6.03. The highest BCUT2D eigenvalue weighted by Crippen LogP contribution is 2.33. The van der Waals surface area contributed by atoms with Crippen molar-refractivity contribution in [2.45, 2.75) is 13.1 Å². The van der Waals surface area contributed by atoms with Crippen LogP contribution < -0.4 is 10.7 Å². The number of hydrogen-bond donors (Lipinski definition) is 2. The molecule has 0 saturated carbocycles. The second-order valence-corrected chi connectivity index (χ2v) is 6.93. The van der Waals surface area contributed by atoms with Crippen LogP contribution in [0.2, 0.25) is 0 Å². The predicted molar refractivity (Wildman–Crippen MR) is 112 cm³/mol. The number of H-pyrrole nitrogens is 1. The summed E-state index contributed by atoms with van der Waals surface area (Å²) in [5, 5.41) is 13.2. The van der Waals surface area contributed by atoms with E-state index < -0.39 is 28.8 Å². The largest absolute Gasteiger partial charge is 0.418 e. The zero-order valence-electron chi connectivity index (χ0n) is 16.6. The first-order valence-corrected chi connectivity index (χ1v) is 9.43. The van der Waals surface area contributed by atoms with E-state index in [1.165, 1.54) is 25.1 Å². The fraction of sp³-hybridized carbons (Fsp3) is 0.0909. The van der Waals surface area contributed by atoms with Gasteiger partial charge in [-0.05, 0) is 37.3 Å². The van der Waals surface area contributed by atoms with Crippen LogP contribution in [0.25, 0.3) is 16.9 Å². The Hall–Kier alpha value is -4.21. The number of amides is 1. The molecule has 4 rings (SSSR count). The average Bonchev–Trinajstić information content (AvgIpc) is 3.28. The van der Waals surface area contributed by atoms with Crippen LogP contribution in [0, 0.1) is 6.92 Å². The first-order valence-electron chi connectivity index (χ1n) is 9.43. The Bertz CT molecular complexity index is 1340. The molecule has 4 aromatic rings. The molecule has 2 heterocycles. The van der Waals surface area contributed by atoms with Gasteiger partial charge in [0.15, 0.2) is 5.69 Å². The molecular weight excluding hydrogens is 423 g/mol. The van der Waals surface area contributed by atoms with Crippen molar-refractivity contribution in [1.82, 2.24) is 20.0 Å². The molecule has 0 aliphatic rings. The van der Waals surface area contributed by atoms with E-state index in [1.54, 1.807) is 36.5 Å². The Balaban J connectivity index is 1.71. The third kappa shape index (κ3) is 4.15. The summed E-state index contributed by atoms with van der Waals surface area (Å²) in [6.07, 6.45) is -3.05. The van der Waals surface area contributed by atoms with Crippen LogP contribution in [0.15, 0.2) is 71.7 Å². The van der Waals surface area contributed by atoms with Crippen LogP contribution in [0.1, 0.15) is 21.7 Å². The Labute approximate surface area is 179 Å². The quantitative estimate of drug-likeness (QED) is 0.499. The van der Waals surface area contributed by atoms with Gasteiger partial charge < -0.3 is 5.32 Å². The predicted octanol–water partition coefficient (Wildman–Crippen LogP) is 4.20. The summed E-state index contributed by atoms with van der Waals surface area (Å²) in [6.45, 7) is 1.44. The molecular formula is C22H16F3N5O2. The third-order valence-electron chi connectivity index (χ3n) is 4.69. The number of nitrogens with one attached hydrogen (secondary N) is 2. The molecule has 2 aromatic heterocycles. The topological polar surface area (TPSA) is 92.7 Å². The molecule has 0 saturated heterocycles. The molecule has 32 heavy (non-hydrogen) atoms. The summed E-state index contributed by atoms with van der Waals surface area (Å²) in [6, 6.07) is 14.4. The monoisotopic (exact) mass is 439 g/mol. The smallest absolute Gasteiger partial charge is 0.320 e. The molecule has 0 bridgehead atoms. The zero-order chi connectivity index (χ0) is 22.9. The lowest BCUT2D eigenvalue weighted by Gasteiger charge is -2.16. The van der Waals surface area contributed by atoms with Crippen molar-refractivity contribution in [3.05, 3.63) is 94.0 Å². The van der Waals surface area contributed by atoms with E-state index in [2.05, 4.69) is 20.6 Å². The molecule has 7 nitrogen and oxygen atoms in total. The van der Waals surface area contributed by atoms with E-state index in [4.69, 9.17) is 0 Å². The first kappa shape index (κ1) is 21.0. The lowest BCUT2D eigenvalue weighted by atomic mass is 10.1. The van der Waals surface area contributed by atoms with Crippen molar-refractivity contribution in [2.75, 3.05) is 5.32 Å². The number of benzene rings is 2. The number of rotatable bonds is 4. The Kier molecular flexibility index (Phi) is 5.35. The molecule has 0 radical (unpaired) electrons. The van der Waals surface area contributed by atoms with Gasteiger partial charge in [0.05, 0.1) is 16.9 Å². The average molecular weight is 439 g/mol. The SMILES string of the molecule is Cc1cc(=O)c(C(=O)Nc2cccc(-c3ccn[nH]3)c2)nn1-c1ccccc1C(F)(F)F. The van der Waals surface area contributed by atoms with Crippen LogP contribution in [-0.2, 0) is 6.18 Å². The van der Waals surface area contributed by atoms with Crippen molar-refractivity contribution in [1.29, 1.82) is 0 Å². The van der Waals surface area contributed by atoms with Crippen LogP contribution in [0.3, 0.4) is 0 Å². The Morgan fingerprint density at radius 2 is 1.84 bits per heavy atom. The van der Waals surface area contributed by atoms with Gasteiger partial charge in [0.1, 0.15) is 0 Å². The molecule has 0 unspecified atom stereocenters. The van der Waals surface area contributed by atoms with Crippen molar-refractivity contribution >= 4 is 11.6 Å². The van der Waals surface area contributed by atoms with E-state index in [-0.39, 0.29) is 11.4 Å². The second kappa shape index (κ2) is 8.14. The molecule has 0 atom stereocenters. The van der Waals surface area contributed by atoms with E-state index >= 15 is 0 Å². The van der Waals surface area contributed by atoms with Crippen LogP contribution in [0.5, 0.6) is 0 Å². The number of aromatic amines is 1. The molecule has 0 fully saturated rings. The highest BCUT2D eigenvalue weighted by atomic mass is 19.4. The van der Waals surface area contributed by atoms with Gasteiger partial charge in [-0.3, -0.25) is 14.7 Å². The van der Waals surface area contributed by atoms with Gasteiger partial charge in [0.25, 0.3) is 5.91 Å². The van der Waals surface area contributed by atoms with E-state index in [0.717, 1.165) is 28.1 Å². The fourth-order valence-electron chi connectivity index (χ4n) is 3.22. The number of halogens is 3. The number of carbonyl (C=O) groups is 1. The number of anilines is 1. The maximum Gasteiger partial charge on any atom is 0.418 e. The van der Waals surface area contributed by atoms with E-state index in [1.807, 2.05) is 0 Å². The standard InChI is InChI=1S/C22H16F3N5O2/c1-13-11-19(31)20(29-30(13)18-8-3-2-7-16(18)22(23,24)25)21(32)27-15-6-4-5-14(12-15)17-9-10-26-28-17/h2-12H,1H3,(H,26,28)(H,27,32). The number of aromatic nitrogens is 4. The van der Waals surface area contributed by atoms with Gasteiger partial charge >= 0.3 is 6.18 Å². The van der Waals surface area contributed by atoms with Gasteiger partial charge in [-0.2, -0.15) is 23.4 Å². The maximum atomic E-state index is 13.5. The number of para-hydroxylation sites is 1. The highest BCUT2D eigenvalue weighted by Gasteiger charge is 2.34. The van der Waals surface area contributed by atoms with Gasteiger partial charge in [-0.15, -0.1) is 0 Å².